The number of benzene rings is 2. The first-order valence-corrected chi connectivity index (χ1v) is 12.8. The summed E-state index contributed by atoms with van der Waals surface area (Å²) in [5, 5.41) is 0. The number of aryl methyl sites for hydroxylation is 2. The summed E-state index contributed by atoms with van der Waals surface area (Å²) in [4.78, 5) is 4.92. The van der Waals surface area contributed by atoms with Crippen molar-refractivity contribution in [3.8, 4) is 5.75 Å². The highest BCUT2D eigenvalue weighted by Crippen LogP contribution is 2.28. The Morgan fingerprint density at radius 1 is 0.875 bits per heavy atom. The average molecular weight is 435 g/mol. The first-order chi connectivity index (χ1) is 15.6. The fourth-order valence-electron chi connectivity index (χ4n) is 4.45. The third-order valence-corrected chi connectivity index (χ3v) is 6.37. The second kappa shape index (κ2) is 12.7. The monoisotopic (exact) mass is 434 g/mol. The molecule has 0 bridgehead atoms. The molecule has 3 nitrogen and oxygen atoms in total. The van der Waals surface area contributed by atoms with Crippen molar-refractivity contribution in [3.05, 3.63) is 59.4 Å². The van der Waals surface area contributed by atoms with Crippen LogP contribution in [0.4, 0.5) is 0 Å². The predicted octanol–water partition coefficient (Wildman–Crippen LogP) is 8.58. The van der Waals surface area contributed by atoms with Crippen LogP contribution in [0.2, 0.25) is 0 Å². The molecule has 32 heavy (non-hydrogen) atoms. The van der Waals surface area contributed by atoms with Gasteiger partial charge in [0, 0.05) is 6.54 Å². The van der Waals surface area contributed by atoms with Crippen LogP contribution in [0.25, 0.3) is 11.0 Å². The maximum absolute atomic E-state index is 6.34. The number of nitrogens with zero attached hydrogens (tertiary/aromatic N) is 2. The van der Waals surface area contributed by atoms with Crippen LogP contribution in [-0.2, 0) is 13.2 Å². The van der Waals surface area contributed by atoms with E-state index in [0.29, 0.717) is 12.5 Å². The summed E-state index contributed by atoms with van der Waals surface area (Å²) >= 11 is 0. The van der Waals surface area contributed by atoms with E-state index in [-0.39, 0.29) is 0 Å². The summed E-state index contributed by atoms with van der Waals surface area (Å²) < 4.78 is 8.72. The van der Waals surface area contributed by atoms with E-state index in [2.05, 4.69) is 74.7 Å². The largest absolute Gasteiger partial charge is 0.485 e. The summed E-state index contributed by atoms with van der Waals surface area (Å²) in [5.41, 5.74) is 4.78. The van der Waals surface area contributed by atoms with Gasteiger partial charge in [-0.05, 0) is 48.6 Å². The molecule has 174 valence electrons. The smallest absolute Gasteiger partial charge is 0.147 e. The van der Waals surface area contributed by atoms with Gasteiger partial charge in [-0.3, -0.25) is 0 Å². The van der Waals surface area contributed by atoms with Gasteiger partial charge in [0.25, 0.3) is 0 Å². The van der Waals surface area contributed by atoms with Crippen molar-refractivity contribution in [3.63, 3.8) is 0 Å². The molecule has 0 N–H and O–H groups in total. The standard InChI is InChI=1S/C29H42N2O/c1-5-6-7-8-9-10-11-12-15-20-31-27-17-14-13-16-26(27)30-29(31)22-32-28-21-24(4)18-19-25(28)23(2)3/h13-14,16-19,21,23H,5-12,15,20,22H2,1-4H3. The lowest BCUT2D eigenvalue weighted by Gasteiger charge is -2.15. The lowest BCUT2D eigenvalue weighted by atomic mass is 10.0. The maximum Gasteiger partial charge on any atom is 0.147 e. The highest BCUT2D eigenvalue weighted by molar-refractivity contribution is 5.75. The third kappa shape index (κ3) is 6.85. The zero-order chi connectivity index (χ0) is 22.8. The Morgan fingerprint density at radius 3 is 2.28 bits per heavy atom. The number of para-hydroxylation sites is 2. The van der Waals surface area contributed by atoms with Crippen LogP contribution in [0.1, 0.15) is 101 Å². The number of aromatic nitrogens is 2. The quantitative estimate of drug-likeness (QED) is 0.238. The number of hydrogen-bond acceptors (Lipinski definition) is 2. The summed E-state index contributed by atoms with van der Waals surface area (Å²) in [7, 11) is 0. The van der Waals surface area contributed by atoms with Gasteiger partial charge in [-0.2, -0.15) is 0 Å². The van der Waals surface area contributed by atoms with E-state index in [1.165, 1.54) is 74.4 Å². The van der Waals surface area contributed by atoms with E-state index in [1.54, 1.807) is 0 Å². The van der Waals surface area contributed by atoms with Crippen LogP contribution in [0, 0.1) is 6.92 Å². The molecule has 1 aromatic heterocycles. The second-order valence-electron chi connectivity index (χ2n) is 9.48. The molecule has 0 atom stereocenters. The lowest BCUT2D eigenvalue weighted by Crippen LogP contribution is -2.09. The van der Waals surface area contributed by atoms with Crippen molar-refractivity contribution >= 4 is 11.0 Å². The van der Waals surface area contributed by atoms with Gasteiger partial charge in [0.2, 0.25) is 0 Å². The molecule has 2 aromatic carbocycles. The van der Waals surface area contributed by atoms with Crippen molar-refractivity contribution in [1.29, 1.82) is 0 Å². The number of rotatable bonds is 14. The van der Waals surface area contributed by atoms with E-state index < -0.39 is 0 Å². The number of unbranched alkanes of at least 4 members (excludes halogenated alkanes) is 8. The molecule has 0 aliphatic heterocycles. The Balaban J connectivity index is 1.61. The van der Waals surface area contributed by atoms with E-state index >= 15 is 0 Å². The minimum Gasteiger partial charge on any atom is -0.485 e. The van der Waals surface area contributed by atoms with Gasteiger partial charge in [0.1, 0.15) is 18.2 Å². The van der Waals surface area contributed by atoms with Crippen LogP contribution in [0.15, 0.2) is 42.5 Å². The molecule has 0 radical (unpaired) electrons. The van der Waals surface area contributed by atoms with Gasteiger partial charge < -0.3 is 9.30 Å². The minimum absolute atomic E-state index is 0.436. The highest BCUT2D eigenvalue weighted by Gasteiger charge is 2.13. The highest BCUT2D eigenvalue weighted by atomic mass is 16.5. The summed E-state index contributed by atoms with van der Waals surface area (Å²) in [5.74, 6) is 2.45. The molecule has 0 aliphatic rings. The van der Waals surface area contributed by atoms with E-state index in [0.717, 1.165) is 23.6 Å². The van der Waals surface area contributed by atoms with Crippen molar-refractivity contribution in [1.82, 2.24) is 9.55 Å². The van der Waals surface area contributed by atoms with Gasteiger partial charge >= 0.3 is 0 Å². The molecule has 3 heteroatoms. The first kappa shape index (κ1) is 24.4. The van der Waals surface area contributed by atoms with Crippen LogP contribution in [0.5, 0.6) is 5.75 Å². The van der Waals surface area contributed by atoms with Crippen LogP contribution in [-0.4, -0.2) is 9.55 Å². The van der Waals surface area contributed by atoms with Gasteiger partial charge in [0.15, 0.2) is 0 Å². The second-order valence-corrected chi connectivity index (χ2v) is 9.48. The molecule has 0 spiro atoms. The SMILES string of the molecule is CCCCCCCCCCCn1c(COc2cc(C)ccc2C(C)C)nc2ccccc21. The van der Waals surface area contributed by atoms with Crippen molar-refractivity contribution < 1.29 is 4.74 Å². The summed E-state index contributed by atoms with van der Waals surface area (Å²) in [6.07, 6.45) is 12.1. The average Bonchev–Trinajstić information content (AvgIpc) is 3.14. The minimum atomic E-state index is 0.436. The zero-order valence-electron chi connectivity index (χ0n) is 20.7. The third-order valence-electron chi connectivity index (χ3n) is 6.37. The van der Waals surface area contributed by atoms with Gasteiger partial charge in [-0.25, -0.2) is 4.98 Å². The molecule has 0 amide bonds. The molecule has 0 fully saturated rings. The molecule has 3 rings (SSSR count). The van der Waals surface area contributed by atoms with Gasteiger partial charge in [-0.15, -0.1) is 0 Å². The number of hydrogen-bond donors (Lipinski definition) is 0. The molecular weight excluding hydrogens is 392 g/mol. The topological polar surface area (TPSA) is 27.1 Å². The molecule has 0 saturated heterocycles. The van der Waals surface area contributed by atoms with Crippen LogP contribution in [0.3, 0.4) is 0 Å². The van der Waals surface area contributed by atoms with Gasteiger partial charge in [0.05, 0.1) is 11.0 Å². The summed E-state index contributed by atoms with van der Waals surface area (Å²) in [6, 6.07) is 15.0. The van der Waals surface area contributed by atoms with Gasteiger partial charge in [-0.1, -0.05) is 96.4 Å². The number of ether oxygens (including phenoxy) is 1. The molecule has 3 aromatic rings. The van der Waals surface area contributed by atoms with E-state index in [4.69, 9.17) is 9.72 Å². The van der Waals surface area contributed by atoms with Crippen molar-refractivity contribution in [2.75, 3.05) is 0 Å². The number of imidazole rings is 1. The van der Waals surface area contributed by atoms with Crippen LogP contribution < -0.4 is 4.74 Å². The lowest BCUT2D eigenvalue weighted by molar-refractivity contribution is 0.285. The molecule has 0 saturated carbocycles. The van der Waals surface area contributed by atoms with E-state index in [9.17, 15) is 0 Å². The first-order valence-electron chi connectivity index (χ1n) is 12.8. The summed E-state index contributed by atoms with van der Waals surface area (Å²) in [6.45, 7) is 10.4. The predicted molar refractivity (Wildman–Crippen MR) is 137 cm³/mol. The fourth-order valence-corrected chi connectivity index (χ4v) is 4.45. The molecule has 1 heterocycles. The maximum atomic E-state index is 6.34. The Labute approximate surface area is 195 Å². The Kier molecular flexibility index (Phi) is 9.64. The Bertz CT molecular complexity index is 957. The fraction of sp³-hybridized carbons (Fsp3) is 0.552. The van der Waals surface area contributed by atoms with Crippen LogP contribution >= 0.6 is 0 Å². The molecule has 0 unspecified atom stereocenters. The Hall–Kier alpha value is -2.29. The zero-order valence-corrected chi connectivity index (χ0v) is 20.7. The normalized spacial score (nSPS) is 11.5. The van der Waals surface area contributed by atoms with Crippen molar-refractivity contribution in [2.45, 2.75) is 105 Å². The van der Waals surface area contributed by atoms with Crippen molar-refractivity contribution in [2.24, 2.45) is 0 Å². The Morgan fingerprint density at radius 2 is 1.56 bits per heavy atom. The molecule has 0 aliphatic carbocycles. The van der Waals surface area contributed by atoms with E-state index in [1.807, 2.05) is 0 Å². The molecular formula is C29H42N2O. The number of fused-ring (bicyclic) bond motifs is 1.